The lowest BCUT2D eigenvalue weighted by molar-refractivity contribution is 0.359. The standard InChI is InChI=1S/C34H23NO2/c1-34(2)28-13-6-5-12-26(28)27-18-32-33(19-29(27)34)36-30-15-14-23(17-31(30)37-32)25-11-4-3-10-24(25)22-9-7-8-21(16-22)20-35/h3-19H,1-2H3. The van der Waals surface area contributed by atoms with Gasteiger partial charge in [-0.3, -0.25) is 0 Å². The van der Waals surface area contributed by atoms with Crippen molar-refractivity contribution in [2.45, 2.75) is 19.3 Å². The maximum absolute atomic E-state index is 9.37. The van der Waals surface area contributed by atoms with Crippen LogP contribution in [0.15, 0.2) is 103 Å². The normalized spacial score (nSPS) is 13.8. The summed E-state index contributed by atoms with van der Waals surface area (Å²) >= 11 is 0. The zero-order valence-electron chi connectivity index (χ0n) is 20.6. The summed E-state index contributed by atoms with van der Waals surface area (Å²) < 4.78 is 12.8. The lowest BCUT2D eigenvalue weighted by atomic mass is 9.82. The molecule has 1 heterocycles. The Labute approximate surface area is 216 Å². The second-order valence-corrected chi connectivity index (χ2v) is 10.1. The summed E-state index contributed by atoms with van der Waals surface area (Å²) in [5.41, 5.74) is 9.74. The van der Waals surface area contributed by atoms with Crippen molar-refractivity contribution in [2.75, 3.05) is 0 Å². The Morgan fingerprint density at radius 3 is 1.97 bits per heavy atom. The average Bonchev–Trinajstić information content (AvgIpc) is 3.16. The molecule has 0 unspecified atom stereocenters. The average molecular weight is 478 g/mol. The number of nitriles is 1. The first-order chi connectivity index (χ1) is 18.0. The van der Waals surface area contributed by atoms with Crippen LogP contribution in [-0.4, -0.2) is 0 Å². The van der Waals surface area contributed by atoms with Crippen LogP contribution in [0.3, 0.4) is 0 Å². The van der Waals surface area contributed by atoms with Gasteiger partial charge in [-0.15, -0.1) is 0 Å². The van der Waals surface area contributed by atoms with E-state index in [1.54, 1.807) is 0 Å². The molecule has 0 amide bonds. The zero-order chi connectivity index (χ0) is 25.1. The number of hydrogen-bond acceptors (Lipinski definition) is 3. The predicted molar refractivity (Wildman–Crippen MR) is 146 cm³/mol. The van der Waals surface area contributed by atoms with E-state index in [4.69, 9.17) is 9.47 Å². The van der Waals surface area contributed by atoms with Gasteiger partial charge in [-0.1, -0.05) is 80.6 Å². The van der Waals surface area contributed by atoms with Gasteiger partial charge in [0, 0.05) is 5.41 Å². The minimum atomic E-state index is -0.0962. The van der Waals surface area contributed by atoms with E-state index in [1.807, 2.05) is 48.5 Å². The highest BCUT2D eigenvalue weighted by Gasteiger charge is 2.37. The van der Waals surface area contributed by atoms with Gasteiger partial charge in [0.2, 0.25) is 0 Å². The van der Waals surface area contributed by atoms with Crippen molar-refractivity contribution in [3.63, 3.8) is 0 Å². The molecule has 0 bridgehead atoms. The third kappa shape index (κ3) is 3.27. The van der Waals surface area contributed by atoms with Gasteiger partial charge in [0.15, 0.2) is 23.0 Å². The van der Waals surface area contributed by atoms with E-state index in [-0.39, 0.29) is 5.41 Å². The second kappa shape index (κ2) is 7.85. The largest absolute Gasteiger partial charge is 0.450 e. The van der Waals surface area contributed by atoms with Gasteiger partial charge >= 0.3 is 0 Å². The smallest absolute Gasteiger partial charge is 0.170 e. The van der Waals surface area contributed by atoms with Gasteiger partial charge in [-0.2, -0.15) is 5.26 Å². The number of ether oxygens (including phenoxy) is 2. The number of benzene rings is 5. The summed E-state index contributed by atoms with van der Waals surface area (Å²) in [4.78, 5) is 0. The molecule has 0 fully saturated rings. The maximum Gasteiger partial charge on any atom is 0.170 e. The van der Waals surface area contributed by atoms with Gasteiger partial charge in [0.05, 0.1) is 11.6 Å². The predicted octanol–water partition coefficient (Wildman–Crippen LogP) is 9.10. The fourth-order valence-corrected chi connectivity index (χ4v) is 5.69. The van der Waals surface area contributed by atoms with Gasteiger partial charge in [0.1, 0.15) is 0 Å². The molecule has 0 N–H and O–H groups in total. The van der Waals surface area contributed by atoms with E-state index in [2.05, 4.69) is 74.5 Å². The fourth-order valence-electron chi connectivity index (χ4n) is 5.69. The molecule has 37 heavy (non-hydrogen) atoms. The SMILES string of the molecule is CC1(C)c2ccccc2-c2cc3c(cc21)Oc1ccc(-c2ccccc2-c2cccc(C#N)c2)cc1O3. The highest BCUT2D eigenvalue weighted by Crippen LogP contribution is 2.55. The quantitative estimate of drug-likeness (QED) is 0.250. The van der Waals surface area contributed by atoms with Gasteiger partial charge in [0.25, 0.3) is 0 Å². The van der Waals surface area contributed by atoms with Crippen molar-refractivity contribution < 1.29 is 9.47 Å². The molecule has 0 saturated carbocycles. The Hall–Kier alpha value is -4.81. The molecule has 0 spiro atoms. The van der Waals surface area contributed by atoms with Crippen molar-refractivity contribution in [3.05, 3.63) is 120 Å². The Morgan fingerprint density at radius 2 is 1.19 bits per heavy atom. The third-order valence-corrected chi connectivity index (χ3v) is 7.57. The summed E-state index contributed by atoms with van der Waals surface area (Å²) in [6.07, 6.45) is 0. The molecule has 5 aromatic rings. The van der Waals surface area contributed by atoms with Crippen LogP contribution in [0.2, 0.25) is 0 Å². The Kier molecular flexibility index (Phi) is 4.55. The number of nitrogens with zero attached hydrogens (tertiary/aromatic N) is 1. The molecule has 1 aliphatic heterocycles. The van der Waals surface area contributed by atoms with Crippen molar-refractivity contribution in [1.29, 1.82) is 5.26 Å². The van der Waals surface area contributed by atoms with Crippen LogP contribution in [-0.2, 0) is 5.41 Å². The van der Waals surface area contributed by atoms with Gasteiger partial charge in [-0.05, 0) is 80.9 Å². The van der Waals surface area contributed by atoms with Gasteiger partial charge < -0.3 is 9.47 Å². The van der Waals surface area contributed by atoms with Crippen LogP contribution in [0.5, 0.6) is 23.0 Å². The zero-order valence-corrected chi connectivity index (χ0v) is 20.6. The minimum Gasteiger partial charge on any atom is -0.450 e. The first-order valence-electron chi connectivity index (χ1n) is 12.4. The maximum atomic E-state index is 9.37. The van der Waals surface area contributed by atoms with Crippen LogP contribution >= 0.6 is 0 Å². The van der Waals surface area contributed by atoms with Crippen molar-refractivity contribution in [1.82, 2.24) is 0 Å². The molecular weight excluding hydrogens is 454 g/mol. The molecule has 5 aromatic carbocycles. The van der Waals surface area contributed by atoms with Crippen molar-refractivity contribution >= 4 is 0 Å². The fraction of sp³-hybridized carbons (Fsp3) is 0.0882. The third-order valence-electron chi connectivity index (χ3n) is 7.57. The number of rotatable bonds is 2. The molecule has 0 saturated heterocycles. The lowest BCUT2D eigenvalue weighted by Gasteiger charge is -2.25. The van der Waals surface area contributed by atoms with Crippen LogP contribution in [0.25, 0.3) is 33.4 Å². The second-order valence-electron chi connectivity index (χ2n) is 10.1. The van der Waals surface area contributed by atoms with Crippen molar-refractivity contribution in [2.24, 2.45) is 0 Å². The molecule has 3 nitrogen and oxygen atoms in total. The molecule has 0 aromatic heterocycles. The molecule has 0 radical (unpaired) electrons. The molecule has 3 heteroatoms. The molecular formula is C34H23NO2. The summed E-state index contributed by atoms with van der Waals surface area (Å²) in [6.45, 7) is 4.52. The van der Waals surface area contributed by atoms with Crippen LogP contribution in [0.4, 0.5) is 0 Å². The molecule has 2 aliphatic rings. The first-order valence-corrected chi connectivity index (χ1v) is 12.4. The molecule has 7 rings (SSSR count). The molecule has 176 valence electrons. The topological polar surface area (TPSA) is 42.2 Å². The number of fused-ring (bicyclic) bond motifs is 5. The lowest BCUT2D eigenvalue weighted by Crippen LogP contribution is -2.15. The summed E-state index contributed by atoms with van der Waals surface area (Å²) in [5.74, 6) is 2.86. The first kappa shape index (κ1) is 21.5. The highest BCUT2D eigenvalue weighted by atomic mass is 16.6. The highest BCUT2D eigenvalue weighted by molar-refractivity contribution is 5.86. The molecule has 0 atom stereocenters. The van der Waals surface area contributed by atoms with Crippen LogP contribution < -0.4 is 9.47 Å². The van der Waals surface area contributed by atoms with Crippen LogP contribution in [0.1, 0.15) is 30.5 Å². The van der Waals surface area contributed by atoms with E-state index < -0.39 is 0 Å². The van der Waals surface area contributed by atoms with E-state index in [0.717, 1.165) is 33.8 Å². The number of hydrogen-bond donors (Lipinski definition) is 0. The Morgan fingerprint density at radius 1 is 0.541 bits per heavy atom. The Bertz CT molecular complexity index is 1770. The van der Waals surface area contributed by atoms with Crippen molar-refractivity contribution in [3.8, 4) is 62.4 Å². The summed E-state index contributed by atoms with van der Waals surface area (Å²) in [6, 6.07) is 37.1. The van der Waals surface area contributed by atoms with E-state index >= 15 is 0 Å². The van der Waals surface area contributed by atoms with E-state index in [1.165, 1.54) is 22.3 Å². The van der Waals surface area contributed by atoms with E-state index in [9.17, 15) is 5.26 Å². The van der Waals surface area contributed by atoms with Gasteiger partial charge in [-0.25, -0.2) is 0 Å². The minimum absolute atomic E-state index is 0.0962. The molecule has 1 aliphatic carbocycles. The Balaban J connectivity index is 1.30. The monoisotopic (exact) mass is 477 g/mol. The summed E-state index contributed by atoms with van der Waals surface area (Å²) in [5, 5.41) is 9.37. The van der Waals surface area contributed by atoms with E-state index in [0.29, 0.717) is 17.1 Å². The summed E-state index contributed by atoms with van der Waals surface area (Å²) in [7, 11) is 0. The van der Waals surface area contributed by atoms with Crippen LogP contribution in [0, 0.1) is 11.3 Å².